The highest BCUT2D eigenvalue weighted by molar-refractivity contribution is 5.92. The molecule has 0 amide bonds. The van der Waals surface area contributed by atoms with E-state index in [9.17, 15) is 5.11 Å². The lowest BCUT2D eigenvalue weighted by atomic mass is 10.1. The van der Waals surface area contributed by atoms with Gasteiger partial charge in [-0.25, -0.2) is 4.99 Å². The van der Waals surface area contributed by atoms with E-state index in [1.54, 1.807) is 7.11 Å². The largest absolute Gasteiger partial charge is 0.393 e. The minimum absolute atomic E-state index is 0.128. The SMILES string of the molecule is COCc1ccccc1NC(N)=NCc1ccc(CN2CCC(O)CC2)cc1. The van der Waals surface area contributed by atoms with Gasteiger partial charge in [0.2, 0.25) is 0 Å². The molecule has 28 heavy (non-hydrogen) atoms. The molecule has 0 saturated carbocycles. The Hall–Kier alpha value is -2.41. The van der Waals surface area contributed by atoms with Crippen LogP contribution in [0, 0.1) is 0 Å². The summed E-state index contributed by atoms with van der Waals surface area (Å²) in [4.78, 5) is 6.84. The van der Waals surface area contributed by atoms with Crippen LogP contribution < -0.4 is 11.1 Å². The Morgan fingerprint density at radius 2 is 1.82 bits per heavy atom. The molecule has 150 valence electrons. The van der Waals surface area contributed by atoms with E-state index in [-0.39, 0.29) is 6.10 Å². The van der Waals surface area contributed by atoms with E-state index in [0.717, 1.165) is 49.3 Å². The van der Waals surface area contributed by atoms with Gasteiger partial charge in [-0.1, -0.05) is 42.5 Å². The van der Waals surface area contributed by atoms with Crippen LogP contribution in [-0.2, 0) is 24.4 Å². The van der Waals surface area contributed by atoms with Crippen LogP contribution >= 0.6 is 0 Å². The van der Waals surface area contributed by atoms with Crippen LogP contribution in [0.1, 0.15) is 29.5 Å². The number of nitrogens with zero attached hydrogens (tertiary/aromatic N) is 2. The van der Waals surface area contributed by atoms with E-state index < -0.39 is 0 Å². The summed E-state index contributed by atoms with van der Waals surface area (Å²) in [6.07, 6.45) is 1.61. The average molecular weight is 383 g/mol. The average Bonchev–Trinajstić information content (AvgIpc) is 2.71. The second kappa shape index (κ2) is 10.2. The van der Waals surface area contributed by atoms with Crippen molar-refractivity contribution in [2.45, 2.75) is 38.6 Å². The fourth-order valence-electron chi connectivity index (χ4n) is 3.36. The Morgan fingerprint density at radius 1 is 1.14 bits per heavy atom. The lowest BCUT2D eigenvalue weighted by Crippen LogP contribution is -2.35. The van der Waals surface area contributed by atoms with Crippen molar-refractivity contribution < 1.29 is 9.84 Å². The molecule has 6 nitrogen and oxygen atoms in total. The summed E-state index contributed by atoms with van der Waals surface area (Å²) in [6, 6.07) is 16.4. The topological polar surface area (TPSA) is 83.1 Å². The highest BCUT2D eigenvalue weighted by Crippen LogP contribution is 2.16. The molecule has 1 fully saturated rings. The number of likely N-dealkylation sites (tertiary alicyclic amines) is 1. The molecule has 0 aliphatic carbocycles. The number of guanidine groups is 1. The number of benzene rings is 2. The van der Waals surface area contributed by atoms with Gasteiger partial charge in [0.15, 0.2) is 5.96 Å². The second-order valence-corrected chi connectivity index (χ2v) is 7.24. The van der Waals surface area contributed by atoms with Gasteiger partial charge in [0.1, 0.15) is 0 Å². The molecule has 3 rings (SSSR count). The number of aliphatic hydroxyl groups excluding tert-OH is 1. The predicted octanol–water partition coefficient (Wildman–Crippen LogP) is 2.72. The van der Waals surface area contributed by atoms with Gasteiger partial charge in [0, 0.05) is 38.0 Å². The minimum atomic E-state index is -0.128. The molecular weight excluding hydrogens is 352 g/mol. The summed E-state index contributed by atoms with van der Waals surface area (Å²) in [5, 5.41) is 12.8. The number of aliphatic hydroxyl groups is 1. The van der Waals surface area contributed by atoms with Crippen LogP contribution in [0.2, 0.25) is 0 Å². The summed E-state index contributed by atoms with van der Waals surface area (Å²) in [5.41, 5.74) is 10.4. The number of ether oxygens (including phenoxy) is 1. The summed E-state index contributed by atoms with van der Waals surface area (Å²) in [6.45, 7) is 3.89. The summed E-state index contributed by atoms with van der Waals surface area (Å²) < 4.78 is 5.21. The van der Waals surface area contributed by atoms with Gasteiger partial charge < -0.3 is 20.9 Å². The van der Waals surface area contributed by atoms with E-state index in [1.165, 1.54) is 5.56 Å². The monoisotopic (exact) mass is 382 g/mol. The Labute approximate surface area is 167 Å². The molecule has 0 atom stereocenters. The summed E-state index contributed by atoms with van der Waals surface area (Å²) >= 11 is 0. The fraction of sp³-hybridized carbons (Fsp3) is 0.409. The van der Waals surface area contributed by atoms with E-state index in [4.69, 9.17) is 10.5 Å². The number of rotatable bonds is 7. The highest BCUT2D eigenvalue weighted by Gasteiger charge is 2.16. The molecule has 0 bridgehead atoms. The van der Waals surface area contributed by atoms with Crippen molar-refractivity contribution >= 4 is 11.6 Å². The van der Waals surface area contributed by atoms with Crippen LogP contribution in [0.3, 0.4) is 0 Å². The van der Waals surface area contributed by atoms with Crippen LogP contribution in [0.15, 0.2) is 53.5 Å². The van der Waals surface area contributed by atoms with Gasteiger partial charge in [-0.3, -0.25) is 4.90 Å². The van der Waals surface area contributed by atoms with E-state index >= 15 is 0 Å². The first-order chi connectivity index (χ1) is 13.6. The number of nitrogens with one attached hydrogen (secondary N) is 1. The molecule has 1 aliphatic rings. The van der Waals surface area contributed by atoms with Crippen molar-refractivity contribution in [3.8, 4) is 0 Å². The van der Waals surface area contributed by atoms with Gasteiger partial charge in [-0.05, 0) is 30.0 Å². The molecular formula is C22H30N4O2. The standard InChI is InChI=1S/C22H30N4O2/c1-28-16-19-4-2-3-5-21(19)25-22(23)24-14-17-6-8-18(9-7-17)15-26-12-10-20(27)11-13-26/h2-9,20,27H,10-16H2,1H3,(H3,23,24,25). The molecule has 2 aromatic carbocycles. The zero-order valence-electron chi connectivity index (χ0n) is 16.5. The Balaban J connectivity index is 1.52. The van der Waals surface area contributed by atoms with Crippen molar-refractivity contribution in [3.05, 3.63) is 65.2 Å². The number of aliphatic imine (C=N–C) groups is 1. The molecule has 0 radical (unpaired) electrons. The van der Waals surface area contributed by atoms with Crippen molar-refractivity contribution in [1.82, 2.24) is 4.90 Å². The van der Waals surface area contributed by atoms with Crippen molar-refractivity contribution in [3.63, 3.8) is 0 Å². The number of piperidine rings is 1. The molecule has 4 N–H and O–H groups in total. The van der Waals surface area contributed by atoms with E-state index in [2.05, 4.69) is 39.5 Å². The first-order valence-corrected chi connectivity index (χ1v) is 9.76. The third kappa shape index (κ3) is 6.05. The molecule has 0 spiro atoms. The maximum Gasteiger partial charge on any atom is 0.193 e. The Kier molecular flexibility index (Phi) is 7.42. The van der Waals surface area contributed by atoms with Crippen LogP contribution in [0.4, 0.5) is 5.69 Å². The molecule has 1 saturated heterocycles. The molecule has 1 aliphatic heterocycles. The van der Waals surface area contributed by atoms with E-state index in [0.29, 0.717) is 19.1 Å². The van der Waals surface area contributed by atoms with Gasteiger partial charge in [-0.2, -0.15) is 0 Å². The zero-order chi connectivity index (χ0) is 19.8. The first-order valence-electron chi connectivity index (χ1n) is 9.76. The number of anilines is 1. The molecule has 1 heterocycles. The van der Waals surface area contributed by atoms with E-state index in [1.807, 2.05) is 24.3 Å². The van der Waals surface area contributed by atoms with Crippen molar-refractivity contribution in [1.29, 1.82) is 0 Å². The van der Waals surface area contributed by atoms with Crippen molar-refractivity contribution in [2.24, 2.45) is 10.7 Å². The quantitative estimate of drug-likeness (QED) is 0.507. The van der Waals surface area contributed by atoms with Gasteiger partial charge >= 0.3 is 0 Å². The van der Waals surface area contributed by atoms with Crippen LogP contribution in [0.25, 0.3) is 0 Å². The first kappa shape index (κ1) is 20.3. The minimum Gasteiger partial charge on any atom is -0.393 e. The molecule has 0 unspecified atom stereocenters. The lowest BCUT2D eigenvalue weighted by Gasteiger charge is -2.29. The maximum absolute atomic E-state index is 9.61. The lowest BCUT2D eigenvalue weighted by molar-refractivity contribution is 0.0792. The predicted molar refractivity (Wildman–Crippen MR) is 113 cm³/mol. The van der Waals surface area contributed by atoms with Crippen LogP contribution in [0.5, 0.6) is 0 Å². The van der Waals surface area contributed by atoms with Gasteiger partial charge in [0.05, 0.1) is 19.3 Å². The summed E-state index contributed by atoms with van der Waals surface area (Å²) in [7, 11) is 1.67. The molecule has 2 aromatic rings. The normalized spacial score (nSPS) is 16.3. The molecule has 0 aromatic heterocycles. The Bertz CT molecular complexity index is 768. The van der Waals surface area contributed by atoms with Crippen molar-refractivity contribution in [2.75, 3.05) is 25.5 Å². The number of hydrogen-bond acceptors (Lipinski definition) is 4. The summed E-state index contributed by atoms with van der Waals surface area (Å²) in [5.74, 6) is 0.388. The second-order valence-electron chi connectivity index (χ2n) is 7.24. The fourth-order valence-corrected chi connectivity index (χ4v) is 3.36. The smallest absolute Gasteiger partial charge is 0.193 e. The third-order valence-electron chi connectivity index (χ3n) is 5.00. The number of para-hydroxylation sites is 1. The molecule has 6 heteroatoms. The number of hydrogen-bond donors (Lipinski definition) is 3. The van der Waals surface area contributed by atoms with Gasteiger partial charge in [-0.15, -0.1) is 0 Å². The maximum atomic E-state index is 9.61. The highest BCUT2D eigenvalue weighted by atomic mass is 16.5. The van der Waals surface area contributed by atoms with Crippen LogP contribution in [-0.4, -0.2) is 42.3 Å². The zero-order valence-corrected chi connectivity index (χ0v) is 16.5. The number of methoxy groups -OCH3 is 1. The Morgan fingerprint density at radius 3 is 2.54 bits per heavy atom. The third-order valence-corrected chi connectivity index (χ3v) is 5.00. The number of nitrogens with two attached hydrogens (primary N) is 1. The van der Waals surface area contributed by atoms with Gasteiger partial charge in [0.25, 0.3) is 0 Å².